The van der Waals surface area contributed by atoms with Crippen LogP contribution in [0, 0.1) is 0 Å². The lowest BCUT2D eigenvalue weighted by Gasteiger charge is -2.29. The lowest BCUT2D eigenvalue weighted by atomic mass is 9.92. The summed E-state index contributed by atoms with van der Waals surface area (Å²) >= 11 is 0. The molecule has 1 aliphatic rings. The molecule has 2 heterocycles. The third kappa shape index (κ3) is 6.22. The quantitative estimate of drug-likeness (QED) is 0.468. The number of imidazole rings is 1. The number of nitrogens with one attached hydrogen (secondary N) is 1. The molecule has 1 amide bonds. The topological polar surface area (TPSA) is 117 Å². The molecule has 166 valence electrons. The molecule has 0 bridgehead atoms. The number of hydrogen-bond acceptors (Lipinski definition) is 7. The highest BCUT2D eigenvalue weighted by molar-refractivity contribution is 6.09. The van der Waals surface area contributed by atoms with Crippen molar-refractivity contribution in [1.29, 1.82) is 0 Å². The van der Waals surface area contributed by atoms with E-state index in [4.69, 9.17) is 15.2 Å². The molecule has 31 heavy (non-hydrogen) atoms. The fourth-order valence-electron chi connectivity index (χ4n) is 3.60. The number of carbonyl (C=O) groups is 1. The summed E-state index contributed by atoms with van der Waals surface area (Å²) < 4.78 is 12.6. The lowest BCUT2D eigenvalue weighted by molar-refractivity contribution is -0.00408. The highest BCUT2D eigenvalue weighted by atomic mass is 16.5. The predicted octanol–water partition coefficient (Wildman–Crippen LogP) is 1.97. The van der Waals surface area contributed by atoms with Crippen molar-refractivity contribution >= 4 is 17.7 Å². The second-order valence-electron chi connectivity index (χ2n) is 7.39. The molecule has 0 aromatic carbocycles. The molecule has 0 saturated heterocycles. The number of ether oxygens (including phenoxy) is 2. The van der Waals surface area contributed by atoms with Gasteiger partial charge in [-0.3, -0.25) is 14.4 Å². The van der Waals surface area contributed by atoms with Crippen LogP contribution in [-0.2, 0) is 9.47 Å². The number of nitrogens with zero attached hydrogens (tertiary/aromatic N) is 4. The normalized spacial score (nSPS) is 19.6. The minimum atomic E-state index is -0.140. The van der Waals surface area contributed by atoms with Gasteiger partial charge >= 0.3 is 0 Å². The Labute approximate surface area is 182 Å². The molecule has 3 N–H and O–H groups in total. The zero-order valence-electron chi connectivity index (χ0n) is 18.0. The molecule has 2 aromatic heterocycles. The van der Waals surface area contributed by atoms with E-state index in [1.807, 2.05) is 0 Å². The fraction of sp³-hybridized carbons (Fsp3) is 0.455. The lowest BCUT2D eigenvalue weighted by Crippen LogP contribution is -2.39. The first-order valence-electron chi connectivity index (χ1n) is 10.4. The number of carbonyl (C=O) groups excluding carboxylic acids is 1. The van der Waals surface area contributed by atoms with E-state index in [9.17, 15) is 4.79 Å². The van der Waals surface area contributed by atoms with E-state index in [1.165, 1.54) is 6.20 Å². The Balaban J connectivity index is 1.72. The third-order valence-electron chi connectivity index (χ3n) is 5.24. The van der Waals surface area contributed by atoms with Crippen molar-refractivity contribution in [2.75, 3.05) is 27.4 Å². The minimum absolute atomic E-state index is 0.116. The Morgan fingerprint density at radius 1 is 1.32 bits per heavy atom. The molecule has 1 fully saturated rings. The van der Waals surface area contributed by atoms with E-state index in [0.29, 0.717) is 35.9 Å². The van der Waals surface area contributed by atoms with E-state index in [2.05, 4.69) is 20.3 Å². The fourth-order valence-corrected chi connectivity index (χ4v) is 3.60. The smallest absolute Gasteiger partial charge is 0.251 e. The van der Waals surface area contributed by atoms with Crippen LogP contribution in [0.4, 0.5) is 0 Å². The zero-order valence-corrected chi connectivity index (χ0v) is 18.0. The molecule has 0 spiro atoms. The van der Waals surface area contributed by atoms with Gasteiger partial charge in [0.1, 0.15) is 12.1 Å². The van der Waals surface area contributed by atoms with Gasteiger partial charge in [0.15, 0.2) is 0 Å². The molecule has 1 aliphatic carbocycles. The first kappa shape index (κ1) is 22.6. The van der Waals surface area contributed by atoms with Crippen LogP contribution in [0.1, 0.15) is 41.7 Å². The second kappa shape index (κ2) is 11.4. The van der Waals surface area contributed by atoms with Crippen molar-refractivity contribution in [3.63, 3.8) is 0 Å². The number of nitrogens with two attached hydrogens (primary N) is 1. The maximum absolute atomic E-state index is 13.1. The van der Waals surface area contributed by atoms with E-state index in [-0.39, 0.29) is 18.1 Å². The summed E-state index contributed by atoms with van der Waals surface area (Å²) in [6, 6.07) is 3.59. The third-order valence-corrected chi connectivity index (χ3v) is 5.24. The van der Waals surface area contributed by atoms with Crippen LogP contribution in [0.5, 0.6) is 0 Å². The average Bonchev–Trinajstić information content (AvgIpc) is 3.33. The molecule has 9 nitrogen and oxygen atoms in total. The summed E-state index contributed by atoms with van der Waals surface area (Å²) in [5.41, 5.74) is 7.47. The van der Waals surface area contributed by atoms with Crippen LogP contribution in [0.2, 0.25) is 0 Å². The summed E-state index contributed by atoms with van der Waals surface area (Å²) in [6.07, 6.45) is 12.0. The van der Waals surface area contributed by atoms with Crippen molar-refractivity contribution in [2.45, 2.75) is 37.8 Å². The number of methoxy groups -OCH3 is 1. The predicted molar refractivity (Wildman–Crippen MR) is 119 cm³/mol. The van der Waals surface area contributed by atoms with E-state index < -0.39 is 0 Å². The average molecular weight is 427 g/mol. The molecular weight excluding hydrogens is 396 g/mol. The first-order valence-corrected chi connectivity index (χ1v) is 10.4. The van der Waals surface area contributed by atoms with Gasteiger partial charge in [-0.25, -0.2) is 9.97 Å². The molecule has 3 rings (SSSR count). The van der Waals surface area contributed by atoms with Gasteiger partial charge in [0.25, 0.3) is 5.91 Å². The van der Waals surface area contributed by atoms with Crippen LogP contribution < -0.4 is 11.1 Å². The highest BCUT2D eigenvalue weighted by Gasteiger charge is 2.24. The van der Waals surface area contributed by atoms with Crippen LogP contribution >= 0.6 is 0 Å². The van der Waals surface area contributed by atoms with Gasteiger partial charge < -0.3 is 20.5 Å². The largest absolute Gasteiger partial charge is 0.404 e. The Morgan fingerprint density at radius 3 is 2.77 bits per heavy atom. The maximum atomic E-state index is 13.1. The molecular formula is C22H30N6O3. The van der Waals surface area contributed by atoms with Crippen molar-refractivity contribution in [3.8, 4) is 5.82 Å². The van der Waals surface area contributed by atoms with Crippen molar-refractivity contribution in [3.05, 3.63) is 48.3 Å². The van der Waals surface area contributed by atoms with Gasteiger partial charge in [-0.15, -0.1) is 0 Å². The van der Waals surface area contributed by atoms with Gasteiger partial charge in [0.2, 0.25) is 0 Å². The Morgan fingerprint density at radius 2 is 2.13 bits per heavy atom. The molecule has 1 saturated carbocycles. The zero-order chi connectivity index (χ0) is 22.1. The van der Waals surface area contributed by atoms with Crippen LogP contribution in [0.15, 0.2) is 42.0 Å². The number of allylic oxidation sites excluding steroid dienone is 1. The molecule has 0 atom stereocenters. The van der Waals surface area contributed by atoms with Crippen LogP contribution in [0.25, 0.3) is 11.4 Å². The van der Waals surface area contributed by atoms with Crippen molar-refractivity contribution in [2.24, 2.45) is 10.7 Å². The van der Waals surface area contributed by atoms with Gasteiger partial charge in [-0.1, -0.05) is 0 Å². The summed E-state index contributed by atoms with van der Waals surface area (Å²) in [4.78, 5) is 25.8. The van der Waals surface area contributed by atoms with Crippen molar-refractivity contribution in [1.82, 2.24) is 19.9 Å². The summed E-state index contributed by atoms with van der Waals surface area (Å²) in [5, 5.41) is 3.16. The Kier molecular flexibility index (Phi) is 8.31. The number of aliphatic imine (C=N–C) groups is 1. The maximum Gasteiger partial charge on any atom is 0.251 e. The summed E-state index contributed by atoms with van der Waals surface area (Å²) in [6.45, 7) is 1.20. The van der Waals surface area contributed by atoms with Gasteiger partial charge in [0, 0.05) is 56.1 Å². The molecule has 0 radical (unpaired) electrons. The second-order valence-corrected chi connectivity index (χ2v) is 7.39. The first-order chi connectivity index (χ1) is 15.1. The summed E-state index contributed by atoms with van der Waals surface area (Å²) in [5.74, 6) is 0.442. The highest BCUT2D eigenvalue weighted by Crippen LogP contribution is 2.22. The molecule has 2 aromatic rings. The minimum Gasteiger partial charge on any atom is -0.404 e. The summed E-state index contributed by atoms with van der Waals surface area (Å²) in [7, 11) is 3.33. The number of pyridine rings is 1. The SMILES string of the molecule is CN=CC(=CN)c1cc(C(=O)NC2CCC(OCCOC)CC2)cc(-n2ccnc2)n1. The monoisotopic (exact) mass is 426 g/mol. The van der Waals surface area contributed by atoms with Gasteiger partial charge in [-0.2, -0.15) is 0 Å². The van der Waals surface area contributed by atoms with Gasteiger partial charge in [-0.05, 0) is 37.8 Å². The molecule has 9 heteroatoms. The van der Waals surface area contributed by atoms with E-state index in [0.717, 1.165) is 25.7 Å². The van der Waals surface area contributed by atoms with Crippen LogP contribution in [0.3, 0.4) is 0 Å². The Bertz CT molecular complexity index is 902. The van der Waals surface area contributed by atoms with Crippen molar-refractivity contribution < 1.29 is 14.3 Å². The van der Waals surface area contributed by atoms with Crippen LogP contribution in [-0.4, -0.2) is 66.2 Å². The number of rotatable bonds is 9. The molecule has 0 aliphatic heterocycles. The number of amides is 1. The van der Waals surface area contributed by atoms with E-state index in [1.54, 1.807) is 55.8 Å². The molecule has 0 unspecified atom stereocenters. The standard InChI is InChI=1S/C22H30N6O3/c1-24-14-17(13-23)20-11-16(12-21(27-20)28-8-7-25-15-28)22(29)26-18-3-5-19(6-4-18)31-10-9-30-2/h7-8,11-15,18-19H,3-6,9-10,23H2,1-2H3,(H,26,29). The Hall–Kier alpha value is -3.04. The van der Waals surface area contributed by atoms with E-state index >= 15 is 0 Å². The van der Waals surface area contributed by atoms with Gasteiger partial charge in [0.05, 0.1) is 25.0 Å². The number of hydrogen-bond donors (Lipinski definition) is 2. The number of aromatic nitrogens is 3.